The Balaban J connectivity index is 1.53. The minimum atomic E-state index is -0.781. The van der Waals surface area contributed by atoms with Gasteiger partial charge in [0.2, 0.25) is 5.95 Å². The molecule has 0 N–H and O–H groups in total. The van der Waals surface area contributed by atoms with E-state index in [0.29, 0.717) is 22.4 Å². The molecule has 0 aromatic carbocycles. The van der Waals surface area contributed by atoms with Crippen molar-refractivity contribution < 1.29 is 13.5 Å². The van der Waals surface area contributed by atoms with Gasteiger partial charge in [-0.2, -0.15) is 0 Å². The van der Waals surface area contributed by atoms with E-state index in [0.717, 1.165) is 55.4 Å². The van der Waals surface area contributed by atoms with E-state index < -0.39 is 17.7 Å². The van der Waals surface area contributed by atoms with Crippen LogP contribution in [0.3, 0.4) is 0 Å². The fraction of sp³-hybridized carbons (Fsp3) is 0.333. The maximum atomic E-state index is 14.2. The Morgan fingerprint density at radius 1 is 1.05 bits per heavy atom. The van der Waals surface area contributed by atoms with Crippen LogP contribution in [0.25, 0.3) is 0 Å². The molecule has 0 aliphatic carbocycles. The normalized spacial score (nSPS) is 18.6. The summed E-state index contributed by atoms with van der Waals surface area (Å²) in [5, 5.41) is 0.373. The predicted octanol–water partition coefficient (Wildman–Crippen LogP) is 4.74. The smallest absolute Gasteiger partial charge is 0.225 e. The van der Waals surface area contributed by atoms with Gasteiger partial charge in [0.15, 0.2) is 5.82 Å². The van der Waals surface area contributed by atoms with E-state index in [1.165, 1.54) is 0 Å². The van der Waals surface area contributed by atoms with Crippen molar-refractivity contribution in [2.75, 3.05) is 43.0 Å². The maximum Gasteiger partial charge on any atom is 0.225 e. The first-order chi connectivity index (χ1) is 18.3. The van der Waals surface area contributed by atoms with Crippen LogP contribution in [0, 0.1) is 18.6 Å². The van der Waals surface area contributed by atoms with Crippen molar-refractivity contribution in [3.63, 3.8) is 0 Å². The SMILES string of the molecule is CC1=CC(OCc2ncc(F)cc2F)=C(Cl)C(c2ccnc(N3CCN(C)CC3)n2)N1c1ccncc1C. The molecule has 11 heteroatoms. The molecular formula is C27H28ClF2N7O. The highest BCUT2D eigenvalue weighted by Crippen LogP contribution is 2.43. The van der Waals surface area contributed by atoms with E-state index in [4.69, 9.17) is 21.3 Å². The number of halogens is 3. The number of hydrogen-bond donors (Lipinski definition) is 0. The number of aryl methyl sites for hydroxylation is 1. The molecule has 1 atom stereocenters. The third kappa shape index (κ3) is 5.32. The van der Waals surface area contributed by atoms with Crippen molar-refractivity contribution in [1.82, 2.24) is 24.8 Å². The fourth-order valence-corrected chi connectivity index (χ4v) is 4.90. The second kappa shape index (κ2) is 11.0. The summed E-state index contributed by atoms with van der Waals surface area (Å²) >= 11 is 7.03. The molecule has 5 heterocycles. The molecule has 1 fully saturated rings. The molecule has 0 amide bonds. The minimum absolute atomic E-state index is 0.0160. The van der Waals surface area contributed by atoms with Crippen molar-refractivity contribution in [3.05, 3.63) is 94.1 Å². The molecule has 8 nitrogen and oxygen atoms in total. The molecule has 3 aromatic heterocycles. The summed E-state index contributed by atoms with van der Waals surface area (Å²) < 4.78 is 33.5. The van der Waals surface area contributed by atoms with Gasteiger partial charge in [0.05, 0.1) is 16.9 Å². The number of allylic oxidation sites excluding steroid dienone is 2. The monoisotopic (exact) mass is 539 g/mol. The Morgan fingerprint density at radius 3 is 2.58 bits per heavy atom. The van der Waals surface area contributed by atoms with Gasteiger partial charge in [-0.3, -0.25) is 9.97 Å². The number of ether oxygens (including phenoxy) is 1. The van der Waals surface area contributed by atoms with Crippen LogP contribution in [0.2, 0.25) is 0 Å². The summed E-state index contributed by atoms with van der Waals surface area (Å²) in [5.41, 5.74) is 3.40. The lowest BCUT2D eigenvalue weighted by Gasteiger charge is -2.38. The molecule has 38 heavy (non-hydrogen) atoms. The highest BCUT2D eigenvalue weighted by molar-refractivity contribution is 6.31. The first-order valence-corrected chi connectivity index (χ1v) is 12.7. The van der Waals surface area contributed by atoms with Crippen LogP contribution in [0.4, 0.5) is 20.4 Å². The Labute approximate surface area is 225 Å². The number of likely N-dealkylation sites (N-methyl/N-ethyl adjacent to an activating group) is 1. The summed E-state index contributed by atoms with van der Waals surface area (Å²) in [6.07, 6.45) is 8.01. The Kier molecular flexibility index (Phi) is 7.53. The molecule has 1 unspecified atom stereocenters. The lowest BCUT2D eigenvalue weighted by Crippen LogP contribution is -2.45. The molecule has 0 bridgehead atoms. The van der Waals surface area contributed by atoms with E-state index in [1.807, 2.05) is 26.0 Å². The van der Waals surface area contributed by atoms with E-state index in [2.05, 4.69) is 36.7 Å². The molecule has 5 rings (SSSR count). The van der Waals surface area contributed by atoms with Gasteiger partial charge in [-0.1, -0.05) is 11.6 Å². The van der Waals surface area contributed by atoms with Crippen LogP contribution >= 0.6 is 11.6 Å². The third-order valence-electron chi connectivity index (χ3n) is 6.68. The van der Waals surface area contributed by atoms with Crippen molar-refractivity contribution >= 4 is 23.2 Å². The van der Waals surface area contributed by atoms with E-state index in [1.54, 1.807) is 24.7 Å². The zero-order valence-electron chi connectivity index (χ0n) is 21.4. The number of hydrogen-bond acceptors (Lipinski definition) is 8. The predicted molar refractivity (Wildman–Crippen MR) is 142 cm³/mol. The van der Waals surface area contributed by atoms with Gasteiger partial charge in [-0.15, -0.1) is 0 Å². The molecule has 0 saturated carbocycles. The van der Waals surface area contributed by atoms with E-state index in [-0.39, 0.29) is 12.3 Å². The highest BCUT2D eigenvalue weighted by atomic mass is 35.5. The molecule has 0 spiro atoms. The van der Waals surface area contributed by atoms with Crippen LogP contribution in [0.1, 0.15) is 29.9 Å². The third-order valence-corrected chi connectivity index (χ3v) is 7.08. The lowest BCUT2D eigenvalue weighted by molar-refractivity contribution is 0.198. The molecule has 3 aromatic rings. The Morgan fingerprint density at radius 2 is 1.84 bits per heavy atom. The number of anilines is 2. The molecule has 2 aliphatic heterocycles. The van der Waals surface area contributed by atoms with Gasteiger partial charge in [0.25, 0.3) is 0 Å². The summed E-state index contributed by atoms with van der Waals surface area (Å²) in [6.45, 7) is 7.21. The minimum Gasteiger partial charge on any atom is -0.486 e. The highest BCUT2D eigenvalue weighted by Gasteiger charge is 2.34. The van der Waals surface area contributed by atoms with Gasteiger partial charge in [0.1, 0.15) is 29.9 Å². The number of pyridine rings is 2. The largest absolute Gasteiger partial charge is 0.486 e. The van der Waals surface area contributed by atoms with Gasteiger partial charge >= 0.3 is 0 Å². The van der Waals surface area contributed by atoms with E-state index in [9.17, 15) is 8.78 Å². The molecular weight excluding hydrogens is 512 g/mol. The van der Waals surface area contributed by atoms with Crippen LogP contribution in [-0.2, 0) is 11.3 Å². The topological polar surface area (TPSA) is 70.5 Å². The van der Waals surface area contributed by atoms with Crippen molar-refractivity contribution in [3.8, 4) is 0 Å². The lowest BCUT2D eigenvalue weighted by atomic mass is 10.0. The number of piperazine rings is 1. The quantitative estimate of drug-likeness (QED) is 0.445. The van der Waals surface area contributed by atoms with Gasteiger partial charge in [0, 0.05) is 68.3 Å². The number of nitrogens with zero attached hydrogens (tertiary/aromatic N) is 7. The van der Waals surface area contributed by atoms with E-state index >= 15 is 0 Å². The van der Waals surface area contributed by atoms with Gasteiger partial charge in [-0.05, 0) is 38.6 Å². The summed E-state index contributed by atoms with van der Waals surface area (Å²) in [5.74, 6) is -0.530. The Hall–Kier alpha value is -3.63. The summed E-state index contributed by atoms with van der Waals surface area (Å²) in [4.78, 5) is 24.0. The fourth-order valence-electron chi connectivity index (χ4n) is 4.59. The zero-order valence-corrected chi connectivity index (χ0v) is 22.2. The number of aromatic nitrogens is 4. The molecule has 198 valence electrons. The van der Waals surface area contributed by atoms with Crippen LogP contribution < -0.4 is 9.80 Å². The average molecular weight is 540 g/mol. The van der Waals surface area contributed by atoms with Crippen molar-refractivity contribution in [2.24, 2.45) is 0 Å². The molecule has 1 saturated heterocycles. The average Bonchev–Trinajstić information content (AvgIpc) is 2.90. The zero-order chi connectivity index (χ0) is 26.8. The molecule has 2 aliphatic rings. The van der Waals surface area contributed by atoms with Crippen LogP contribution in [0.15, 0.2) is 65.6 Å². The standard InChI is InChI=1S/C27H28ClF2N7O/c1-17-14-31-6-5-23(17)37-18(2)12-24(38-16-22-20(30)13-19(29)15-33-22)25(28)26(37)21-4-7-32-27(34-21)36-10-8-35(3)9-11-36/h4-7,12-15,26H,8-11,16H2,1-3H3. The van der Waals surface area contributed by atoms with Crippen molar-refractivity contribution in [2.45, 2.75) is 26.5 Å². The summed E-state index contributed by atoms with van der Waals surface area (Å²) in [7, 11) is 2.10. The second-order valence-electron chi connectivity index (χ2n) is 9.38. The number of rotatable bonds is 6. The van der Waals surface area contributed by atoms with Crippen LogP contribution in [-0.4, -0.2) is 58.1 Å². The second-order valence-corrected chi connectivity index (χ2v) is 9.78. The van der Waals surface area contributed by atoms with Crippen molar-refractivity contribution in [1.29, 1.82) is 0 Å². The maximum absolute atomic E-state index is 14.2. The van der Waals surface area contributed by atoms with Gasteiger partial charge in [-0.25, -0.2) is 18.7 Å². The Bertz CT molecular complexity index is 1390. The van der Waals surface area contributed by atoms with Gasteiger partial charge < -0.3 is 19.4 Å². The first kappa shape index (κ1) is 26.0. The summed E-state index contributed by atoms with van der Waals surface area (Å²) in [6, 6.07) is 4.02. The molecule has 0 radical (unpaired) electrons. The van der Waals surface area contributed by atoms with Crippen LogP contribution in [0.5, 0.6) is 0 Å². The first-order valence-electron chi connectivity index (χ1n) is 12.3.